The van der Waals surface area contributed by atoms with Gasteiger partial charge in [-0.15, -0.1) is 0 Å². The van der Waals surface area contributed by atoms with Crippen LogP contribution in [-0.2, 0) is 15.0 Å². The van der Waals surface area contributed by atoms with E-state index in [2.05, 4.69) is 22.9 Å². The fraction of sp³-hybridized carbons (Fsp3) is 0.382. The van der Waals surface area contributed by atoms with E-state index in [0.717, 1.165) is 31.2 Å². The Bertz CT molecular complexity index is 1390. The highest BCUT2D eigenvalue weighted by molar-refractivity contribution is 6.31. The Morgan fingerprint density at radius 3 is 2.19 bits per heavy atom. The zero-order chi connectivity index (χ0) is 31.6. The molecule has 6 nitrogen and oxygen atoms in total. The van der Waals surface area contributed by atoms with Crippen molar-refractivity contribution in [1.29, 1.82) is 0 Å². The van der Waals surface area contributed by atoms with E-state index in [4.69, 9.17) is 23.2 Å². The van der Waals surface area contributed by atoms with Crippen LogP contribution in [0, 0.1) is 5.82 Å². The van der Waals surface area contributed by atoms with Gasteiger partial charge in [-0.05, 0) is 80.3 Å². The lowest BCUT2D eigenvalue weighted by molar-refractivity contribution is -0.118. The molecule has 0 aromatic heterocycles. The lowest BCUT2D eigenvalue weighted by Crippen LogP contribution is -2.56. The number of carbonyl (C=O) groups is 3. The molecule has 1 saturated carbocycles. The number of anilines is 2. The van der Waals surface area contributed by atoms with Gasteiger partial charge in [-0.3, -0.25) is 19.7 Å². The van der Waals surface area contributed by atoms with Crippen molar-refractivity contribution in [2.45, 2.75) is 83.2 Å². The third-order valence-electron chi connectivity index (χ3n) is 8.32. The van der Waals surface area contributed by atoms with Gasteiger partial charge in [-0.1, -0.05) is 81.4 Å². The summed E-state index contributed by atoms with van der Waals surface area (Å²) in [5.41, 5.74) is 2.33. The molecule has 43 heavy (non-hydrogen) atoms. The summed E-state index contributed by atoms with van der Waals surface area (Å²) in [4.78, 5) is 36.1. The Morgan fingerprint density at radius 1 is 0.977 bits per heavy atom. The number of carbonyl (C=O) groups excluding carboxylic acids is 3. The van der Waals surface area contributed by atoms with Crippen LogP contribution in [-0.4, -0.2) is 29.7 Å². The number of ketones is 1. The van der Waals surface area contributed by atoms with Gasteiger partial charge in [-0.25, -0.2) is 4.39 Å². The Kier molecular flexibility index (Phi) is 12.3. The van der Waals surface area contributed by atoms with Crippen LogP contribution < -0.4 is 16.0 Å². The lowest BCUT2D eigenvalue weighted by atomic mass is 9.61. The highest BCUT2D eigenvalue weighted by atomic mass is 35.5. The Labute approximate surface area is 263 Å². The number of Topliss-reactive ketones (excluding diaryl/α,β-unsaturated/α-hetero) is 1. The summed E-state index contributed by atoms with van der Waals surface area (Å²) < 4.78 is 12.2. The van der Waals surface area contributed by atoms with Gasteiger partial charge in [-0.2, -0.15) is 0 Å². The molecule has 2 aliphatic rings. The summed E-state index contributed by atoms with van der Waals surface area (Å²) in [5, 5.41) is 10.3. The van der Waals surface area contributed by atoms with E-state index in [1.54, 1.807) is 42.5 Å². The van der Waals surface area contributed by atoms with Crippen molar-refractivity contribution >= 4 is 52.7 Å². The largest absolute Gasteiger partial charge is 0.328 e. The summed E-state index contributed by atoms with van der Waals surface area (Å²) >= 11 is 11.6. The van der Waals surface area contributed by atoms with E-state index >= 15 is 0 Å². The number of halogens is 3. The number of amides is 2. The Morgan fingerprint density at radius 2 is 1.63 bits per heavy atom. The molecule has 3 aromatic rings. The normalized spacial score (nSPS) is 20.1. The molecule has 230 valence electrons. The Balaban J connectivity index is 0.000000433. The molecule has 1 aliphatic carbocycles. The lowest BCUT2D eigenvalue weighted by Gasteiger charge is -2.47. The molecular weight excluding hydrogens is 588 g/mol. The fourth-order valence-electron chi connectivity index (χ4n) is 6.16. The molecule has 0 radical (unpaired) electrons. The van der Waals surface area contributed by atoms with E-state index in [1.165, 1.54) is 25.5 Å². The molecule has 1 spiro atoms. The minimum atomic E-state index is -0.389. The molecule has 0 bridgehead atoms. The first kappa shape index (κ1) is 34.2. The molecule has 3 N–H and O–H groups in total. The molecule has 5 rings (SSSR count). The minimum absolute atomic E-state index is 0.0111. The SMILES string of the molecule is CC.CC(=O)c1ccc(NC(=O)C2C[C@@](C)(c3ccc(Cl)cc3NC=O)C3(CCCCC3)N2)cc1.Fc1ccccc1Cl. The average molecular weight is 629 g/mol. The van der Waals surface area contributed by atoms with Crippen LogP contribution >= 0.6 is 23.2 Å². The van der Waals surface area contributed by atoms with Crippen molar-refractivity contribution in [2.24, 2.45) is 0 Å². The van der Waals surface area contributed by atoms with Crippen molar-refractivity contribution in [3.8, 4) is 0 Å². The molecular formula is C34H40Cl2FN3O3. The van der Waals surface area contributed by atoms with E-state index in [9.17, 15) is 18.8 Å². The topological polar surface area (TPSA) is 87.3 Å². The highest BCUT2D eigenvalue weighted by Crippen LogP contribution is 2.53. The zero-order valence-electron chi connectivity index (χ0n) is 25.1. The molecule has 2 amide bonds. The van der Waals surface area contributed by atoms with E-state index in [-0.39, 0.29) is 39.5 Å². The van der Waals surface area contributed by atoms with Gasteiger partial charge < -0.3 is 10.6 Å². The molecule has 2 fully saturated rings. The zero-order valence-corrected chi connectivity index (χ0v) is 26.6. The van der Waals surface area contributed by atoms with Crippen LogP contribution in [0.5, 0.6) is 0 Å². The van der Waals surface area contributed by atoms with Crippen LogP contribution in [0.4, 0.5) is 15.8 Å². The molecule has 1 aliphatic heterocycles. The fourth-order valence-corrected chi connectivity index (χ4v) is 6.47. The van der Waals surface area contributed by atoms with Gasteiger partial charge in [0.1, 0.15) is 5.82 Å². The van der Waals surface area contributed by atoms with Crippen LogP contribution in [0.2, 0.25) is 10.0 Å². The smallest absolute Gasteiger partial charge is 0.241 e. The summed E-state index contributed by atoms with van der Waals surface area (Å²) in [6.07, 6.45) is 6.55. The number of benzene rings is 3. The van der Waals surface area contributed by atoms with E-state index in [1.807, 2.05) is 26.0 Å². The van der Waals surface area contributed by atoms with Crippen molar-refractivity contribution in [3.63, 3.8) is 0 Å². The second kappa shape index (κ2) is 15.5. The number of nitrogens with one attached hydrogen (secondary N) is 3. The van der Waals surface area contributed by atoms with E-state index < -0.39 is 0 Å². The summed E-state index contributed by atoms with van der Waals surface area (Å²) in [5.74, 6) is -0.477. The van der Waals surface area contributed by atoms with Gasteiger partial charge in [0.2, 0.25) is 12.3 Å². The number of rotatable bonds is 6. The first-order valence-corrected chi connectivity index (χ1v) is 15.4. The maximum Gasteiger partial charge on any atom is 0.241 e. The maximum atomic E-state index is 13.3. The highest BCUT2D eigenvalue weighted by Gasteiger charge is 2.57. The number of hydrogen-bond acceptors (Lipinski definition) is 4. The second-order valence-electron chi connectivity index (χ2n) is 10.9. The predicted molar refractivity (Wildman–Crippen MR) is 174 cm³/mol. The maximum absolute atomic E-state index is 13.3. The first-order chi connectivity index (χ1) is 20.6. The van der Waals surface area contributed by atoms with Crippen molar-refractivity contribution in [1.82, 2.24) is 5.32 Å². The van der Waals surface area contributed by atoms with Gasteiger partial charge in [0, 0.05) is 32.9 Å². The van der Waals surface area contributed by atoms with Crippen LogP contribution in [0.3, 0.4) is 0 Å². The van der Waals surface area contributed by atoms with Gasteiger partial charge in [0.15, 0.2) is 5.78 Å². The third-order valence-corrected chi connectivity index (χ3v) is 8.86. The van der Waals surface area contributed by atoms with Gasteiger partial charge in [0.05, 0.1) is 11.1 Å². The second-order valence-corrected chi connectivity index (χ2v) is 11.7. The van der Waals surface area contributed by atoms with Gasteiger partial charge >= 0.3 is 0 Å². The molecule has 1 heterocycles. The van der Waals surface area contributed by atoms with Gasteiger partial charge in [0.25, 0.3) is 0 Å². The molecule has 1 unspecified atom stereocenters. The van der Waals surface area contributed by atoms with E-state index in [0.29, 0.717) is 34.8 Å². The van der Waals surface area contributed by atoms with Crippen LogP contribution in [0.1, 0.15) is 82.1 Å². The molecule has 1 saturated heterocycles. The monoisotopic (exact) mass is 627 g/mol. The molecule has 9 heteroatoms. The Hall–Kier alpha value is -3.26. The minimum Gasteiger partial charge on any atom is -0.328 e. The summed E-state index contributed by atoms with van der Waals surface area (Å²) in [7, 11) is 0. The summed E-state index contributed by atoms with van der Waals surface area (Å²) in [6, 6.07) is 18.3. The number of hydrogen-bond donors (Lipinski definition) is 3. The predicted octanol–water partition coefficient (Wildman–Crippen LogP) is 8.58. The quantitative estimate of drug-likeness (QED) is 0.189. The third kappa shape index (κ3) is 8.02. The van der Waals surface area contributed by atoms with Crippen LogP contribution in [0.25, 0.3) is 0 Å². The van der Waals surface area contributed by atoms with Crippen molar-refractivity contribution in [3.05, 3.63) is 93.7 Å². The first-order valence-electron chi connectivity index (χ1n) is 14.7. The standard InChI is InChI=1S/C26H30ClN3O3.C6H4ClF.C2H6/c1-17(32)18-6-9-20(10-7-18)29-24(33)23-15-25(2,26(30-23)12-4-3-5-13-26)21-11-8-19(27)14-22(21)28-16-31;7-5-3-1-2-4-6(5)8;1-2/h6-11,14,16,23,30H,3-5,12-13,15H2,1-2H3,(H,28,31)(H,29,33);1-4H;1-2H3/t23?,25-;;/m0../s1. The van der Waals surface area contributed by atoms with Crippen LogP contribution in [0.15, 0.2) is 66.7 Å². The molecule has 3 aromatic carbocycles. The van der Waals surface area contributed by atoms with Crippen molar-refractivity contribution in [2.75, 3.05) is 10.6 Å². The molecule has 2 atom stereocenters. The average Bonchev–Trinajstić information content (AvgIpc) is 3.28. The summed E-state index contributed by atoms with van der Waals surface area (Å²) in [6.45, 7) is 7.71. The van der Waals surface area contributed by atoms with Crippen molar-refractivity contribution < 1.29 is 18.8 Å².